The van der Waals surface area contributed by atoms with Crippen LogP contribution in [-0.4, -0.2) is 15.1 Å². The monoisotopic (exact) mass is 259 g/mol. The first kappa shape index (κ1) is 8.65. The minimum atomic E-state index is 0.374. The lowest BCUT2D eigenvalue weighted by molar-refractivity contribution is 0.426. The summed E-state index contributed by atoms with van der Waals surface area (Å²) >= 11 is 8.94. The van der Waals surface area contributed by atoms with Gasteiger partial charge >= 0.3 is 0 Å². The van der Waals surface area contributed by atoms with Gasteiger partial charge in [0, 0.05) is 12.4 Å². The molecule has 0 aromatic carbocycles. The average molecular weight is 260 g/mol. The standard InChI is InChI=1S/C7H3BrClN3O/c8-7-11-6(13-12-7)4-1-2-10-3-5(4)9/h1-3H. The molecule has 0 atom stereocenters. The molecule has 2 rings (SSSR count). The first-order valence-corrected chi connectivity index (χ1v) is 4.53. The quantitative estimate of drug-likeness (QED) is 0.790. The summed E-state index contributed by atoms with van der Waals surface area (Å²) in [7, 11) is 0. The van der Waals surface area contributed by atoms with Gasteiger partial charge in [0.05, 0.1) is 10.6 Å². The van der Waals surface area contributed by atoms with Gasteiger partial charge < -0.3 is 4.52 Å². The molecule has 0 bridgehead atoms. The zero-order valence-electron chi connectivity index (χ0n) is 6.24. The first-order valence-electron chi connectivity index (χ1n) is 3.36. The van der Waals surface area contributed by atoms with E-state index in [1.807, 2.05) is 0 Å². The molecule has 2 heterocycles. The Morgan fingerprint density at radius 3 is 2.92 bits per heavy atom. The predicted molar refractivity (Wildman–Crippen MR) is 50.2 cm³/mol. The molecule has 13 heavy (non-hydrogen) atoms. The van der Waals surface area contributed by atoms with E-state index in [0.29, 0.717) is 21.2 Å². The second kappa shape index (κ2) is 3.43. The summed E-state index contributed by atoms with van der Waals surface area (Å²) in [5.74, 6) is 0.374. The minimum Gasteiger partial charge on any atom is -0.333 e. The number of rotatable bonds is 1. The van der Waals surface area contributed by atoms with Crippen LogP contribution in [0.5, 0.6) is 0 Å². The smallest absolute Gasteiger partial charge is 0.260 e. The summed E-state index contributed by atoms with van der Waals surface area (Å²) in [6.07, 6.45) is 3.13. The van der Waals surface area contributed by atoms with Gasteiger partial charge in [0.1, 0.15) is 0 Å². The number of hydrogen-bond donors (Lipinski definition) is 0. The molecule has 2 aromatic heterocycles. The van der Waals surface area contributed by atoms with Crippen LogP contribution in [0, 0.1) is 0 Å². The Balaban J connectivity index is 2.52. The molecule has 0 spiro atoms. The topological polar surface area (TPSA) is 51.8 Å². The van der Waals surface area contributed by atoms with Gasteiger partial charge in [0.25, 0.3) is 5.89 Å². The predicted octanol–water partition coefficient (Wildman–Crippen LogP) is 2.55. The molecule has 0 aliphatic heterocycles. The third-order valence-electron chi connectivity index (χ3n) is 1.40. The SMILES string of the molecule is Clc1cnccc1-c1nc(Br)no1. The molecular weight excluding hydrogens is 257 g/mol. The Labute approximate surface area is 87.1 Å². The molecule has 4 nitrogen and oxygen atoms in total. The third-order valence-corrected chi connectivity index (χ3v) is 2.03. The van der Waals surface area contributed by atoms with E-state index in [9.17, 15) is 0 Å². The normalized spacial score (nSPS) is 10.3. The fourth-order valence-corrected chi connectivity index (χ4v) is 1.30. The maximum absolute atomic E-state index is 5.86. The average Bonchev–Trinajstić information content (AvgIpc) is 2.53. The molecule has 0 saturated carbocycles. The summed E-state index contributed by atoms with van der Waals surface area (Å²) in [4.78, 5) is 7.81. The van der Waals surface area contributed by atoms with Crippen LogP contribution in [0.25, 0.3) is 11.5 Å². The summed E-state index contributed by atoms with van der Waals surface area (Å²) in [6.45, 7) is 0. The lowest BCUT2D eigenvalue weighted by Crippen LogP contribution is -1.80. The van der Waals surface area contributed by atoms with E-state index in [0.717, 1.165) is 0 Å². The van der Waals surface area contributed by atoms with E-state index in [-0.39, 0.29) is 0 Å². The molecular formula is C7H3BrClN3O. The highest BCUT2D eigenvalue weighted by Gasteiger charge is 2.09. The number of pyridine rings is 1. The van der Waals surface area contributed by atoms with Crippen molar-refractivity contribution in [3.8, 4) is 11.5 Å². The minimum absolute atomic E-state index is 0.374. The zero-order chi connectivity index (χ0) is 9.26. The number of aromatic nitrogens is 3. The summed E-state index contributed by atoms with van der Waals surface area (Å²) < 4.78 is 5.31. The Morgan fingerprint density at radius 2 is 2.31 bits per heavy atom. The molecule has 0 unspecified atom stereocenters. The summed E-state index contributed by atoms with van der Waals surface area (Å²) in [6, 6.07) is 1.71. The molecule has 0 amide bonds. The highest BCUT2D eigenvalue weighted by atomic mass is 79.9. The van der Waals surface area contributed by atoms with E-state index in [1.54, 1.807) is 12.3 Å². The van der Waals surface area contributed by atoms with Crippen molar-refractivity contribution >= 4 is 27.5 Å². The Morgan fingerprint density at radius 1 is 1.46 bits per heavy atom. The maximum atomic E-state index is 5.86. The van der Waals surface area contributed by atoms with Crippen molar-refractivity contribution in [2.45, 2.75) is 0 Å². The Bertz CT molecular complexity index is 431. The fourth-order valence-electron chi connectivity index (χ4n) is 0.864. The number of halogens is 2. The van der Waals surface area contributed by atoms with Crippen molar-refractivity contribution < 1.29 is 4.52 Å². The van der Waals surface area contributed by atoms with E-state index in [1.165, 1.54) is 6.20 Å². The van der Waals surface area contributed by atoms with Crippen LogP contribution in [0.15, 0.2) is 27.7 Å². The summed E-state index contributed by atoms with van der Waals surface area (Å²) in [5.41, 5.74) is 0.676. The van der Waals surface area contributed by atoms with Crippen molar-refractivity contribution in [3.05, 3.63) is 28.2 Å². The van der Waals surface area contributed by atoms with Gasteiger partial charge in [-0.2, -0.15) is 4.98 Å². The zero-order valence-corrected chi connectivity index (χ0v) is 8.58. The van der Waals surface area contributed by atoms with Gasteiger partial charge in [-0.3, -0.25) is 4.98 Å². The lowest BCUT2D eigenvalue weighted by atomic mass is 10.3. The van der Waals surface area contributed by atoms with Crippen LogP contribution >= 0.6 is 27.5 Å². The largest absolute Gasteiger partial charge is 0.333 e. The number of hydrogen-bond acceptors (Lipinski definition) is 4. The molecule has 0 aliphatic carbocycles. The Hall–Kier alpha value is -0.940. The van der Waals surface area contributed by atoms with Crippen LogP contribution in [0.2, 0.25) is 5.02 Å². The van der Waals surface area contributed by atoms with Crippen molar-refractivity contribution in [3.63, 3.8) is 0 Å². The molecule has 0 radical (unpaired) electrons. The molecule has 0 aliphatic rings. The number of nitrogens with zero attached hydrogens (tertiary/aromatic N) is 3. The second-order valence-corrected chi connectivity index (χ2v) is 3.34. The van der Waals surface area contributed by atoms with Crippen molar-refractivity contribution in [2.75, 3.05) is 0 Å². The fraction of sp³-hybridized carbons (Fsp3) is 0. The second-order valence-electron chi connectivity index (χ2n) is 2.22. The third kappa shape index (κ3) is 1.71. The van der Waals surface area contributed by atoms with Crippen molar-refractivity contribution in [1.82, 2.24) is 15.1 Å². The van der Waals surface area contributed by atoms with Crippen LogP contribution in [-0.2, 0) is 0 Å². The van der Waals surface area contributed by atoms with E-state index < -0.39 is 0 Å². The van der Waals surface area contributed by atoms with E-state index in [2.05, 4.69) is 31.1 Å². The van der Waals surface area contributed by atoms with Gasteiger partial charge in [0.2, 0.25) is 4.73 Å². The highest BCUT2D eigenvalue weighted by molar-refractivity contribution is 9.10. The van der Waals surface area contributed by atoms with Gasteiger partial charge in [0.15, 0.2) is 0 Å². The lowest BCUT2D eigenvalue weighted by Gasteiger charge is -1.94. The van der Waals surface area contributed by atoms with Crippen LogP contribution in [0.1, 0.15) is 0 Å². The van der Waals surface area contributed by atoms with Crippen LogP contribution in [0.4, 0.5) is 0 Å². The van der Waals surface area contributed by atoms with Gasteiger partial charge in [-0.05, 0) is 27.2 Å². The van der Waals surface area contributed by atoms with Crippen LogP contribution < -0.4 is 0 Å². The van der Waals surface area contributed by atoms with Gasteiger partial charge in [-0.25, -0.2) is 0 Å². The van der Waals surface area contributed by atoms with E-state index in [4.69, 9.17) is 16.1 Å². The summed E-state index contributed by atoms with van der Waals surface area (Å²) in [5, 5.41) is 4.07. The molecule has 66 valence electrons. The molecule has 6 heteroatoms. The maximum Gasteiger partial charge on any atom is 0.260 e. The molecule has 0 N–H and O–H groups in total. The van der Waals surface area contributed by atoms with Crippen molar-refractivity contribution in [2.24, 2.45) is 0 Å². The van der Waals surface area contributed by atoms with E-state index >= 15 is 0 Å². The van der Waals surface area contributed by atoms with Crippen LogP contribution in [0.3, 0.4) is 0 Å². The Kier molecular flexibility index (Phi) is 2.28. The molecule has 0 saturated heterocycles. The van der Waals surface area contributed by atoms with Gasteiger partial charge in [-0.1, -0.05) is 11.6 Å². The molecule has 0 fully saturated rings. The first-order chi connectivity index (χ1) is 6.27. The highest BCUT2D eigenvalue weighted by Crippen LogP contribution is 2.25. The van der Waals surface area contributed by atoms with Crippen molar-refractivity contribution in [1.29, 1.82) is 0 Å². The molecule has 2 aromatic rings. The van der Waals surface area contributed by atoms with Gasteiger partial charge in [-0.15, -0.1) is 0 Å².